The predicted molar refractivity (Wildman–Crippen MR) is 33.5 cm³/mol. The molecule has 0 nitrogen and oxygen atoms in total. The van der Waals surface area contributed by atoms with E-state index in [0.717, 1.165) is 0 Å². The van der Waals surface area contributed by atoms with Crippen LogP contribution < -0.4 is 0 Å². The Morgan fingerprint density at radius 1 is 1.17 bits per heavy atom. The van der Waals surface area contributed by atoms with E-state index in [1.807, 2.05) is 0 Å². The van der Waals surface area contributed by atoms with Gasteiger partial charge in [-0.05, 0) is 0 Å². The Bertz CT molecular complexity index is 69.6. The van der Waals surface area contributed by atoms with Gasteiger partial charge < -0.3 is 0 Å². The van der Waals surface area contributed by atoms with Crippen LogP contribution in [0.1, 0.15) is 0 Å². The summed E-state index contributed by atoms with van der Waals surface area (Å²) in [4.78, 5) is 0. The average molecular weight is 114 g/mol. The van der Waals surface area contributed by atoms with E-state index >= 15 is 0 Å². The molecule has 2 aliphatic rings. The Kier molecular flexibility index (Phi) is 0.468. The average Bonchev–Trinajstić information content (AvgIpc) is 2.02. The van der Waals surface area contributed by atoms with Gasteiger partial charge in [0.15, 0.2) is 0 Å². The molecular weight excluding hydrogens is 104 g/mol. The van der Waals surface area contributed by atoms with Gasteiger partial charge in [-0.1, -0.05) is 24.2 Å². The quantitative estimate of drug-likeness (QED) is 0.403. The second kappa shape index (κ2) is 0.817. The second-order valence-corrected chi connectivity index (χ2v) is 14.6. The molecule has 0 aromatic heterocycles. The zero-order valence-electron chi connectivity index (χ0n) is 4.04. The van der Waals surface area contributed by atoms with Gasteiger partial charge in [-0.3, -0.25) is 0 Å². The van der Waals surface area contributed by atoms with Crippen molar-refractivity contribution in [2.75, 3.05) is 0 Å². The molecule has 1 spiro atoms. The van der Waals surface area contributed by atoms with E-state index in [9.17, 15) is 0 Å². The second-order valence-electron chi connectivity index (χ2n) is 2.85. The van der Waals surface area contributed by atoms with Crippen LogP contribution in [0.5, 0.6) is 0 Å². The third kappa shape index (κ3) is 0.290. The Hall–Kier alpha value is 0.434. The van der Waals surface area contributed by atoms with Crippen LogP contribution in [-0.2, 0) is 0 Å². The van der Waals surface area contributed by atoms with Crippen molar-refractivity contribution in [3.63, 3.8) is 0 Å². The van der Waals surface area contributed by atoms with Crippen molar-refractivity contribution in [2.24, 2.45) is 0 Å². The normalized spacial score (nSPS) is 40.0. The summed E-state index contributed by atoms with van der Waals surface area (Å²) in [6, 6.07) is 7.02. The Labute approximate surface area is 41.6 Å². The van der Waals surface area contributed by atoms with E-state index in [2.05, 4.69) is 0 Å². The molecule has 0 N–H and O–H groups in total. The molecule has 0 amide bonds. The first-order chi connectivity index (χ1) is 2.91. The highest BCUT2D eigenvalue weighted by atomic mass is 29.2. The van der Waals surface area contributed by atoms with Crippen molar-refractivity contribution in [1.29, 1.82) is 0 Å². The van der Waals surface area contributed by atoms with Crippen LogP contribution in [0.3, 0.4) is 0 Å². The van der Waals surface area contributed by atoms with Crippen molar-refractivity contribution in [3.8, 4) is 0 Å². The van der Waals surface area contributed by atoms with Gasteiger partial charge in [0.1, 0.15) is 0 Å². The zero-order chi connectivity index (χ0) is 4.04. The monoisotopic (exact) mass is 114 g/mol. The lowest BCUT2D eigenvalue weighted by Crippen LogP contribution is -2.34. The standard InChI is InChI=1S/C4H10Si2/c1-2-6(5-1)3-4-6/h1-5H2. The maximum atomic E-state index is 1.76. The molecule has 0 saturated carbocycles. The summed E-state index contributed by atoms with van der Waals surface area (Å²) in [6.45, 7) is 0. The van der Waals surface area contributed by atoms with Crippen molar-refractivity contribution < 1.29 is 0 Å². The largest absolute Gasteiger partial charge is 0.0671 e. The Balaban J connectivity index is 2.09. The van der Waals surface area contributed by atoms with Crippen molar-refractivity contribution in [3.05, 3.63) is 0 Å². The molecule has 2 saturated heterocycles. The Morgan fingerprint density at radius 2 is 1.83 bits per heavy atom. The summed E-state index contributed by atoms with van der Waals surface area (Å²) < 4.78 is 0. The Morgan fingerprint density at radius 3 is 1.83 bits per heavy atom. The van der Waals surface area contributed by atoms with Gasteiger partial charge in [-0.25, -0.2) is 0 Å². The minimum Gasteiger partial charge on any atom is -0.0671 e. The first-order valence-electron chi connectivity index (χ1n) is 2.91. The first kappa shape index (κ1) is 3.44. The third-order valence-electron chi connectivity index (χ3n) is 2.37. The van der Waals surface area contributed by atoms with Crippen LogP contribution in [0.15, 0.2) is 0 Å². The molecule has 34 valence electrons. The highest BCUT2D eigenvalue weighted by molar-refractivity contribution is 7.34. The molecule has 6 heavy (non-hydrogen) atoms. The van der Waals surface area contributed by atoms with E-state index in [1.54, 1.807) is 24.2 Å². The molecule has 2 rings (SSSR count). The maximum absolute atomic E-state index is 1.76. The van der Waals surface area contributed by atoms with Gasteiger partial charge in [0.25, 0.3) is 0 Å². The fraction of sp³-hybridized carbons (Fsp3) is 1.00. The lowest BCUT2D eigenvalue weighted by molar-refractivity contribution is 1.35. The minimum absolute atomic E-state index is 0.0617. The van der Waals surface area contributed by atoms with Crippen LogP contribution >= 0.6 is 0 Å². The zero-order valence-corrected chi connectivity index (χ0v) is 6.45. The van der Waals surface area contributed by atoms with Crippen LogP contribution in [0.4, 0.5) is 0 Å². The van der Waals surface area contributed by atoms with E-state index < -0.39 is 0 Å². The summed E-state index contributed by atoms with van der Waals surface area (Å²) in [5.41, 5.74) is 0. The lowest BCUT2D eigenvalue weighted by Gasteiger charge is -2.20. The van der Waals surface area contributed by atoms with Crippen molar-refractivity contribution in [2.45, 2.75) is 24.2 Å². The SMILES string of the molecule is C1C[Si]2(CC2)[SiH2]1. The topological polar surface area (TPSA) is 0 Å². The molecule has 2 heterocycles. The number of hydrogen-bond acceptors (Lipinski definition) is 0. The highest BCUT2D eigenvalue weighted by Gasteiger charge is 2.49. The van der Waals surface area contributed by atoms with Crippen LogP contribution in [0.25, 0.3) is 0 Å². The van der Waals surface area contributed by atoms with Gasteiger partial charge in [0, 0.05) is 16.6 Å². The third-order valence-corrected chi connectivity index (χ3v) is 15.6. The number of rotatable bonds is 0. The summed E-state index contributed by atoms with van der Waals surface area (Å²) in [5, 5.41) is 0. The molecule has 0 unspecified atom stereocenters. The van der Waals surface area contributed by atoms with Gasteiger partial charge >= 0.3 is 0 Å². The van der Waals surface area contributed by atoms with Crippen molar-refractivity contribution in [1.82, 2.24) is 0 Å². The fourth-order valence-electron chi connectivity index (χ4n) is 1.35. The highest BCUT2D eigenvalue weighted by Crippen LogP contribution is 2.46. The van der Waals surface area contributed by atoms with Gasteiger partial charge in [-0.2, -0.15) is 0 Å². The molecule has 0 aromatic carbocycles. The summed E-state index contributed by atoms with van der Waals surface area (Å²) in [5.74, 6) is 0. The summed E-state index contributed by atoms with van der Waals surface area (Å²) in [7, 11) is 0.621. The van der Waals surface area contributed by atoms with Gasteiger partial charge in [0.05, 0.1) is 0 Å². The van der Waals surface area contributed by atoms with Gasteiger partial charge in [0.2, 0.25) is 0 Å². The first-order valence-corrected chi connectivity index (χ1v) is 8.86. The molecule has 0 aliphatic carbocycles. The maximum Gasteiger partial charge on any atom is 0.0392 e. The molecule has 0 atom stereocenters. The van der Waals surface area contributed by atoms with E-state index in [1.165, 1.54) is 0 Å². The molecule has 2 aliphatic heterocycles. The van der Waals surface area contributed by atoms with Gasteiger partial charge in [-0.15, -0.1) is 0 Å². The van der Waals surface area contributed by atoms with Crippen LogP contribution in [0.2, 0.25) is 24.2 Å². The molecule has 2 heteroatoms. The lowest BCUT2D eigenvalue weighted by atomic mass is 10.9. The van der Waals surface area contributed by atoms with Crippen molar-refractivity contribution >= 4 is 16.6 Å². The molecular formula is C4H10Si2. The molecule has 0 radical (unpaired) electrons. The fourth-order valence-corrected chi connectivity index (χ4v) is 12.3. The number of hydrogen-bond donors (Lipinski definition) is 0. The molecule has 0 aromatic rings. The minimum atomic E-state index is -0.0617. The smallest absolute Gasteiger partial charge is 0.0392 e. The van der Waals surface area contributed by atoms with E-state index in [4.69, 9.17) is 0 Å². The van der Waals surface area contributed by atoms with E-state index in [-0.39, 0.29) is 7.59 Å². The molecule has 0 bridgehead atoms. The summed E-state index contributed by atoms with van der Waals surface area (Å²) >= 11 is 0. The molecule has 2 fully saturated rings. The summed E-state index contributed by atoms with van der Waals surface area (Å²) in [6.07, 6.45) is 0. The van der Waals surface area contributed by atoms with E-state index in [0.29, 0.717) is 9.04 Å². The van der Waals surface area contributed by atoms with Crippen LogP contribution in [-0.4, -0.2) is 16.6 Å². The predicted octanol–water partition coefficient (Wildman–Crippen LogP) is 0.546. The van der Waals surface area contributed by atoms with Crippen LogP contribution in [0, 0.1) is 0 Å².